The topological polar surface area (TPSA) is 70.7 Å². The minimum absolute atomic E-state index is 0.225. The van der Waals surface area contributed by atoms with Gasteiger partial charge in [0.1, 0.15) is 6.33 Å². The summed E-state index contributed by atoms with van der Waals surface area (Å²) in [4.78, 5) is 15.8. The molecule has 0 aliphatic heterocycles. The van der Waals surface area contributed by atoms with Gasteiger partial charge in [-0.15, -0.1) is 0 Å². The molecule has 6 heteroatoms. The van der Waals surface area contributed by atoms with E-state index in [4.69, 9.17) is 0 Å². The molecule has 1 amide bonds. The monoisotopic (exact) mass is 254 g/mol. The molecule has 0 saturated heterocycles. The normalized spacial score (nSPS) is 16.9. The van der Waals surface area contributed by atoms with Crippen LogP contribution < -0.4 is 5.32 Å². The van der Waals surface area contributed by atoms with Gasteiger partial charge in [0.15, 0.2) is 5.16 Å². The lowest BCUT2D eigenvalue weighted by Crippen LogP contribution is -2.33. The first-order chi connectivity index (χ1) is 8.36. The number of thioether (sulfide) groups is 1. The summed E-state index contributed by atoms with van der Waals surface area (Å²) in [5, 5.41) is 10.3. The Labute approximate surface area is 105 Å². The largest absolute Gasteiger partial charge is 0.355 e. The molecule has 0 bridgehead atoms. The molecule has 0 atom stereocenters. The molecule has 0 aromatic carbocycles. The molecule has 1 aromatic rings. The van der Waals surface area contributed by atoms with Gasteiger partial charge < -0.3 is 5.32 Å². The second-order valence-corrected chi connectivity index (χ2v) is 5.35. The van der Waals surface area contributed by atoms with E-state index in [1.165, 1.54) is 25.6 Å². The summed E-state index contributed by atoms with van der Waals surface area (Å²) >= 11 is 1.57. The molecule has 1 aromatic heterocycles. The maximum absolute atomic E-state index is 11.8. The van der Waals surface area contributed by atoms with Crippen molar-refractivity contribution in [3.05, 3.63) is 6.33 Å². The predicted molar refractivity (Wildman–Crippen MR) is 66.7 cm³/mol. The summed E-state index contributed by atoms with van der Waals surface area (Å²) < 4.78 is 0. The molecular weight excluding hydrogens is 236 g/mol. The highest BCUT2D eigenvalue weighted by Crippen LogP contribution is 2.23. The predicted octanol–water partition coefficient (Wildman–Crippen LogP) is 1.59. The summed E-state index contributed by atoms with van der Waals surface area (Å²) in [5.74, 6) is 1.30. The van der Waals surface area contributed by atoms with E-state index >= 15 is 0 Å². The minimum Gasteiger partial charge on any atom is -0.355 e. The number of aromatic nitrogens is 3. The van der Waals surface area contributed by atoms with Gasteiger partial charge in [0.25, 0.3) is 0 Å². The van der Waals surface area contributed by atoms with Crippen LogP contribution in [-0.2, 0) is 4.79 Å². The zero-order chi connectivity index (χ0) is 11.9. The summed E-state index contributed by atoms with van der Waals surface area (Å²) in [7, 11) is 0. The van der Waals surface area contributed by atoms with Gasteiger partial charge in [-0.1, -0.05) is 31.0 Å². The van der Waals surface area contributed by atoms with Gasteiger partial charge >= 0.3 is 0 Å². The Morgan fingerprint density at radius 2 is 2.29 bits per heavy atom. The highest BCUT2D eigenvalue weighted by Gasteiger charge is 2.20. The van der Waals surface area contributed by atoms with Gasteiger partial charge in [-0.2, -0.15) is 5.10 Å². The van der Waals surface area contributed by atoms with Crippen LogP contribution in [-0.4, -0.2) is 33.4 Å². The second-order valence-electron chi connectivity index (χ2n) is 4.27. The molecule has 1 aliphatic carbocycles. The lowest BCUT2D eigenvalue weighted by molar-refractivity contribution is -0.125. The molecule has 94 valence electrons. The van der Waals surface area contributed by atoms with Crippen LogP contribution in [0.1, 0.15) is 32.1 Å². The fraction of sp³-hybridized carbons (Fsp3) is 0.727. The van der Waals surface area contributed by atoms with Crippen LogP contribution in [0.5, 0.6) is 0 Å². The van der Waals surface area contributed by atoms with Gasteiger partial charge in [-0.3, -0.25) is 9.89 Å². The SMILES string of the molecule is O=C(NCCSc1ncn[nH]1)C1CCCCC1. The van der Waals surface area contributed by atoms with Crippen molar-refractivity contribution in [1.82, 2.24) is 20.5 Å². The number of hydrogen-bond acceptors (Lipinski definition) is 4. The molecule has 1 saturated carbocycles. The third-order valence-electron chi connectivity index (χ3n) is 3.01. The van der Waals surface area contributed by atoms with Crippen molar-refractivity contribution < 1.29 is 4.79 Å². The number of aromatic amines is 1. The van der Waals surface area contributed by atoms with Crippen molar-refractivity contribution in [2.75, 3.05) is 12.3 Å². The van der Waals surface area contributed by atoms with Crippen molar-refractivity contribution in [3.8, 4) is 0 Å². The zero-order valence-corrected chi connectivity index (χ0v) is 10.6. The molecule has 2 N–H and O–H groups in total. The number of H-pyrrole nitrogens is 1. The van der Waals surface area contributed by atoms with Gasteiger partial charge in [0.05, 0.1) is 0 Å². The first-order valence-corrected chi connectivity index (χ1v) is 7.10. The number of nitrogens with zero attached hydrogens (tertiary/aromatic N) is 2. The van der Waals surface area contributed by atoms with Crippen LogP contribution in [0, 0.1) is 5.92 Å². The fourth-order valence-electron chi connectivity index (χ4n) is 2.09. The molecule has 0 spiro atoms. The molecule has 1 aliphatic rings. The van der Waals surface area contributed by atoms with E-state index in [0.717, 1.165) is 23.8 Å². The van der Waals surface area contributed by atoms with E-state index in [9.17, 15) is 4.79 Å². The number of carbonyl (C=O) groups excluding carboxylic acids is 1. The van der Waals surface area contributed by atoms with Crippen molar-refractivity contribution in [1.29, 1.82) is 0 Å². The van der Waals surface area contributed by atoms with Gasteiger partial charge in [-0.05, 0) is 12.8 Å². The Balaban J connectivity index is 1.59. The van der Waals surface area contributed by atoms with E-state index in [-0.39, 0.29) is 11.8 Å². The van der Waals surface area contributed by atoms with Crippen LogP contribution >= 0.6 is 11.8 Å². The Kier molecular flexibility index (Phi) is 4.85. The Morgan fingerprint density at radius 3 is 3.00 bits per heavy atom. The van der Waals surface area contributed by atoms with Gasteiger partial charge in [0, 0.05) is 18.2 Å². The van der Waals surface area contributed by atoms with E-state index in [1.54, 1.807) is 11.8 Å². The van der Waals surface area contributed by atoms with Gasteiger partial charge in [0.2, 0.25) is 5.91 Å². The molecule has 1 heterocycles. The molecule has 17 heavy (non-hydrogen) atoms. The maximum atomic E-state index is 11.8. The zero-order valence-electron chi connectivity index (χ0n) is 9.82. The van der Waals surface area contributed by atoms with Crippen LogP contribution in [0.4, 0.5) is 0 Å². The second kappa shape index (κ2) is 6.64. The lowest BCUT2D eigenvalue weighted by atomic mass is 9.89. The first kappa shape index (κ1) is 12.4. The standard InChI is InChI=1S/C11H18N4OS/c16-10(9-4-2-1-3-5-9)12-6-7-17-11-13-8-14-15-11/h8-9H,1-7H2,(H,12,16)(H,13,14,15). The molecule has 2 rings (SSSR count). The Morgan fingerprint density at radius 1 is 1.47 bits per heavy atom. The number of hydrogen-bond donors (Lipinski definition) is 2. The van der Waals surface area contributed by atoms with Crippen LogP contribution in [0.2, 0.25) is 0 Å². The van der Waals surface area contributed by atoms with Crippen molar-refractivity contribution in [2.24, 2.45) is 5.92 Å². The van der Waals surface area contributed by atoms with E-state index in [2.05, 4.69) is 20.5 Å². The molecule has 1 fully saturated rings. The lowest BCUT2D eigenvalue weighted by Gasteiger charge is -2.20. The molecule has 0 radical (unpaired) electrons. The number of amides is 1. The smallest absolute Gasteiger partial charge is 0.223 e. The van der Waals surface area contributed by atoms with E-state index < -0.39 is 0 Å². The highest BCUT2D eigenvalue weighted by atomic mass is 32.2. The quantitative estimate of drug-likeness (QED) is 0.618. The molecule has 0 unspecified atom stereocenters. The Hall–Kier alpha value is -1.04. The third kappa shape index (κ3) is 4.03. The van der Waals surface area contributed by atoms with Crippen LogP contribution in [0.15, 0.2) is 11.5 Å². The maximum Gasteiger partial charge on any atom is 0.223 e. The Bertz CT molecular complexity index is 335. The minimum atomic E-state index is 0.225. The summed E-state index contributed by atoms with van der Waals surface area (Å²) in [6.07, 6.45) is 7.28. The highest BCUT2D eigenvalue weighted by molar-refractivity contribution is 7.99. The van der Waals surface area contributed by atoms with Crippen molar-refractivity contribution in [2.45, 2.75) is 37.3 Å². The van der Waals surface area contributed by atoms with Crippen LogP contribution in [0.3, 0.4) is 0 Å². The molecule has 5 nitrogen and oxygen atoms in total. The fourth-order valence-corrected chi connectivity index (χ4v) is 2.73. The molecular formula is C11H18N4OS. The average Bonchev–Trinajstić information content (AvgIpc) is 2.88. The van der Waals surface area contributed by atoms with Crippen molar-refractivity contribution >= 4 is 17.7 Å². The average molecular weight is 254 g/mol. The number of carbonyl (C=O) groups is 1. The van der Waals surface area contributed by atoms with Crippen molar-refractivity contribution in [3.63, 3.8) is 0 Å². The number of nitrogens with one attached hydrogen (secondary N) is 2. The van der Waals surface area contributed by atoms with Gasteiger partial charge in [-0.25, -0.2) is 4.98 Å². The summed E-state index contributed by atoms with van der Waals surface area (Å²) in [5.41, 5.74) is 0. The summed E-state index contributed by atoms with van der Waals surface area (Å²) in [6, 6.07) is 0. The van der Waals surface area contributed by atoms with E-state index in [0.29, 0.717) is 6.54 Å². The van der Waals surface area contributed by atoms with E-state index in [1.807, 2.05) is 0 Å². The van der Waals surface area contributed by atoms with Crippen LogP contribution in [0.25, 0.3) is 0 Å². The third-order valence-corrected chi connectivity index (χ3v) is 3.89. The summed E-state index contributed by atoms with van der Waals surface area (Å²) in [6.45, 7) is 0.695. The first-order valence-electron chi connectivity index (χ1n) is 6.12. The number of rotatable bonds is 5.